The molecule has 0 aliphatic carbocycles. The van der Waals surface area contributed by atoms with E-state index in [2.05, 4.69) is 4.98 Å². The van der Waals surface area contributed by atoms with E-state index in [1.165, 1.54) is 4.90 Å². The fraction of sp³-hybridized carbons (Fsp3) is 0.143. The van der Waals surface area contributed by atoms with Gasteiger partial charge in [0, 0.05) is 25.1 Å². The molecule has 0 saturated carbocycles. The summed E-state index contributed by atoms with van der Waals surface area (Å²) in [5, 5.41) is -0.504. The molecule has 1 aromatic heterocycles. The molecule has 11 heavy (non-hydrogen) atoms. The van der Waals surface area contributed by atoms with Crippen LogP contribution in [-0.4, -0.2) is 17.4 Å². The first-order valence-electron chi connectivity index (χ1n) is 3.05. The number of hydrogen-bond acceptors (Lipinski definition) is 2. The molecular formula is C7H7ClN2O. The third-order valence-electron chi connectivity index (χ3n) is 1.31. The first kappa shape index (κ1) is 8.01. The van der Waals surface area contributed by atoms with Crippen LogP contribution in [0.4, 0.5) is 10.5 Å². The molecule has 0 unspecified atom stereocenters. The lowest BCUT2D eigenvalue weighted by Gasteiger charge is -2.11. The molecule has 0 spiro atoms. The Morgan fingerprint density at radius 2 is 2.09 bits per heavy atom. The van der Waals surface area contributed by atoms with Gasteiger partial charge in [-0.1, -0.05) is 0 Å². The van der Waals surface area contributed by atoms with E-state index in [0.29, 0.717) is 0 Å². The highest BCUT2D eigenvalue weighted by Gasteiger charge is 2.05. The number of aromatic nitrogens is 1. The van der Waals surface area contributed by atoms with Crippen LogP contribution < -0.4 is 4.90 Å². The van der Waals surface area contributed by atoms with E-state index in [4.69, 9.17) is 11.6 Å². The highest BCUT2D eigenvalue weighted by atomic mass is 35.5. The van der Waals surface area contributed by atoms with Crippen molar-refractivity contribution in [2.45, 2.75) is 0 Å². The molecule has 0 radical (unpaired) electrons. The summed E-state index contributed by atoms with van der Waals surface area (Å²) in [5.41, 5.74) is 0.736. The van der Waals surface area contributed by atoms with E-state index in [1.54, 1.807) is 31.6 Å². The quantitative estimate of drug-likeness (QED) is 0.476. The van der Waals surface area contributed by atoms with Gasteiger partial charge in [-0.25, -0.2) is 0 Å². The predicted octanol–water partition coefficient (Wildman–Crippen LogP) is 1.88. The van der Waals surface area contributed by atoms with Crippen LogP contribution in [0.5, 0.6) is 0 Å². The predicted molar refractivity (Wildman–Crippen MR) is 43.9 cm³/mol. The van der Waals surface area contributed by atoms with Crippen LogP contribution in [0.1, 0.15) is 0 Å². The molecule has 3 nitrogen and oxygen atoms in total. The van der Waals surface area contributed by atoms with Crippen molar-refractivity contribution in [3.8, 4) is 0 Å². The van der Waals surface area contributed by atoms with Crippen LogP contribution in [0.25, 0.3) is 0 Å². The van der Waals surface area contributed by atoms with Crippen molar-refractivity contribution in [3.05, 3.63) is 24.5 Å². The van der Waals surface area contributed by atoms with Crippen LogP contribution in [0.15, 0.2) is 24.5 Å². The molecule has 58 valence electrons. The third kappa shape index (κ3) is 1.91. The van der Waals surface area contributed by atoms with Gasteiger partial charge < -0.3 is 4.90 Å². The Hall–Kier alpha value is -1.09. The average molecular weight is 171 g/mol. The van der Waals surface area contributed by atoms with Gasteiger partial charge >= 0.3 is 5.37 Å². The molecule has 0 fully saturated rings. The molecule has 0 N–H and O–H groups in total. The van der Waals surface area contributed by atoms with E-state index in [-0.39, 0.29) is 0 Å². The number of nitrogens with zero attached hydrogens (tertiary/aromatic N) is 2. The lowest BCUT2D eigenvalue weighted by molar-refractivity contribution is 0.265. The number of rotatable bonds is 1. The zero-order valence-electron chi connectivity index (χ0n) is 5.99. The van der Waals surface area contributed by atoms with E-state index < -0.39 is 5.37 Å². The Morgan fingerprint density at radius 3 is 2.55 bits per heavy atom. The fourth-order valence-electron chi connectivity index (χ4n) is 0.669. The maximum Gasteiger partial charge on any atom is 0.320 e. The summed E-state index contributed by atoms with van der Waals surface area (Å²) >= 11 is 5.23. The monoisotopic (exact) mass is 170 g/mol. The van der Waals surface area contributed by atoms with Gasteiger partial charge in [0.15, 0.2) is 0 Å². The van der Waals surface area contributed by atoms with Crippen molar-refractivity contribution in [1.29, 1.82) is 0 Å². The maximum absolute atomic E-state index is 10.6. The fourth-order valence-corrected chi connectivity index (χ4v) is 0.767. The van der Waals surface area contributed by atoms with Crippen LogP contribution >= 0.6 is 11.6 Å². The summed E-state index contributed by atoms with van der Waals surface area (Å²) in [6.07, 6.45) is 3.21. The van der Waals surface area contributed by atoms with Crippen molar-refractivity contribution in [3.63, 3.8) is 0 Å². The molecule has 0 atom stereocenters. The number of carbonyl (C=O) groups excluding carboxylic acids is 1. The number of anilines is 1. The first-order valence-corrected chi connectivity index (χ1v) is 3.43. The van der Waals surface area contributed by atoms with E-state index in [0.717, 1.165) is 5.69 Å². The van der Waals surface area contributed by atoms with Crippen LogP contribution in [0, 0.1) is 0 Å². The lowest BCUT2D eigenvalue weighted by atomic mass is 10.4. The smallest absolute Gasteiger partial charge is 0.302 e. The average Bonchev–Trinajstić information content (AvgIpc) is 2.05. The minimum absolute atomic E-state index is 0.504. The molecule has 1 rings (SSSR count). The molecule has 0 saturated heterocycles. The normalized spacial score (nSPS) is 9.27. The van der Waals surface area contributed by atoms with Crippen LogP contribution in [-0.2, 0) is 0 Å². The molecule has 1 amide bonds. The molecular weight excluding hydrogens is 164 g/mol. The van der Waals surface area contributed by atoms with E-state index >= 15 is 0 Å². The number of carbonyl (C=O) groups is 1. The summed E-state index contributed by atoms with van der Waals surface area (Å²) in [6.45, 7) is 0. The summed E-state index contributed by atoms with van der Waals surface area (Å²) in [6, 6.07) is 3.42. The molecule has 0 aromatic carbocycles. The van der Waals surface area contributed by atoms with Gasteiger partial charge in [-0.2, -0.15) is 0 Å². The Bertz CT molecular complexity index is 250. The second kappa shape index (κ2) is 3.34. The second-order valence-electron chi connectivity index (χ2n) is 2.02. The minimum atomic E-state index is -0.504. The topological polar surface area (TPSA) is 33.2 Å². The highest BCUT2D eigenvalue weighted by molar-refractivity contribution is 6.66. The molecule has 1 aromatic rings. The van der Waals surface area contributed by atoms with Crippen LogP contribution in [0.2, 0.25) is 0 Å². The molecule has 0 aliphatic heterocycles. The third-order valence-corrected chi connectivity index (χ3v) is 1.57. The standard InChI is InChI=1S/C7H7ClN2O/c1-10(7(8)11)6-2-4-9-5-3-6/h2-5H,1H3. The number of halogens is 1. The van der Waals surface area contributed by atoms with Crippen LogP contribution in [0.3, 0.4) is 0 Å². The van der Waals surface area contributed by atoms with Gasteiger partial charge in [-0.05, 0) is 23.7 Å². The van der Waals surface area contributed by atoms with Gasteiger partial charge in [0.2, 0.25) is 0 Å². The zero-order chi connectivity index (χ0) is 8.27. The largest absolute Gasteiger partial charge is 0.320 e. The van der Waals surface area contributed by atoms with Gasteiger partial charge in [0.1, 0.15) is 0 Å². The Labute approximate surface area is 69.6 Å². The zero-order valence-corrected chi connectivity index (χ0v) is 6.75. The SMILES string of the molecule is CN(C(=O)Cl)c1ccncc1. The van der Waals surface area contributed by atoms with Crippen molar-refractivity contribution < 1.29 is 4.79 Å². The Balaban J connectivity index is 2.85. The Morgan fingerprint density at radius 1 is 1.55 bits per heavy atom. The van der Waals surface area contributed by atoms with Gasteiger partial charge in [-0.3, -0.25) is 9.78 Å². The van der Waals surface area contributed by atoms with Gasteiger partial charge in [-0.15, -0.1) is 0 Å². The number of pyridine rings is 1. The first-order chi connectivity index (χ1) is 5.22. The summed E-state index contributed by atoms with van der Waals surface area (Å²) < 4.78 is 0. The molecule has 1 heterocycles. The Kier molecular flexibility index (Phi) is 2.44. The highest BCUT2D eigenvalue weighted by Crippen LogP contribution is 2.11. The van der Waals surface area contributed by atoms with Crippen molar-refractivity contribution in [2.75, 3.05) is 11.9 Å². The van der Waals surface area contributed by atoms with Crippen molar-refractivity contribution >= 4 is 22.7 Å². The van der Waals surface area contributed by atoms with Crippen molar-refractivity contribution in [1.82, 2.24) is 4.98 Å². The number of hydrogen-bond donors (Lipinski definition) is 0. The van der Waals surface area contributed by atoms with Gasteiger partial charge in [0.25, 0.3) is 0 Å². The summed E-state index contributed by atoms with van der Waals surface area (Å²) in [7, 11) is 1.60. The summed E-state index contributed by atoms with van der Waals surface area (Å²) in [5.74, 6) is 0. The van der Waals surface area contributed by atoms with E-state index in [9.17, 15) is 4.79 Å². The van der Waals surface area contributed by atoms with Crippen molar-refractivity contribution in [2.24, 2.45) is 0 Å². The maximum atomic E-state index is 10.6. The molecule has 0 bridgehead atoms. The van der Waals surface area contributed by atoms with Gasteiger partial charge in [0.05, 0.1) is 0 Å². The summed E-state index contributed by atoms with van der Waals surface area (Å²) in [4.78, 5) is 15.8. The lowest BCUT2D eigenvalue weighted by Crippen LogP contribution is -2.19. The minimum Gasteiger partial charge on any atom is -0.302 e. The number of amides is 1. The van der Waals surface area contributed by atoms with E-state index in [1.807, 2.05) is 0 Å². The molecule has 0 aliphatic rings. The second-order valence-corrected chi connectivity index (χ2v) is 2.34. The molecule has 4 heteroatoms.